The van der Waals surface area contributed by atoms with Crippen LogP contribution in [0.5, 0.6) is 11.5 Å². The number of carbonyl (C=O) groups excluding carboxylic acids is 1. The smallest absolute Gasteiger partial charge is 0.323 e. The van der Waals surface area contributed by atoms with Gasteiger partial charge in [0.05, 0.1) is 31.0 Å². The zero-order valence-electron chi connectivity index (χ0n) is 28.8. The van der Waals surface area contributed by atoms with Gasteiger partial charge in [-0.05, 0) is 109 Å². The number of benzene rings is 6. The van der Waals surface area contributed by atoms with Crippen LogP contribution in [0.15, 0.2) is 117 Å². The van der Waals surface area contributed by atoms with Crippen molar-refractivity contribution in [3.63, 3.8) is 0 Å². The predicted molar refractivity (Wildman–Crippen MR) is 207 cm³/mol. The highest BCUT2D eigenvalue weighted by Gasteiger charge is 2.23. The molecule has 0 aliphatic heterocycles. The molecule has 6 aromatic rings. The Morgan fingerprint density at radius 2 is 0.821 bits per heavy atom. The van der Waals surface area contributed by atoms with Gasteiger partial charge < -0.3 is 20.8 Å². The molecule has 17 nitrogen and oxygen atoms in total. The maximum atomic E-state index is 13.4. The second-order valence-electron chi connectivity index (χ2n) is 12.4. The summed E-state index contributed by atoms with van der Waals surface area (Å²) in [4.78, 5) is 11.4. The van der Waals surface area contributed by atoms with Crippen LogP contribution in [0.4, 0.5) is 27.5 Å². The number of hydrogen-bond donors (Lipinski definition) is 8. The molecule has 0 radical (unpaired) electrons. The van der Waals surface area contributed by atoms with Crippen LogP contribution in [0, 0.1) is 13.8 Å². The molecular formula is C35H30N4O13S4. The van der Waals surface area contributed by atoms with Gasteiger partial charge in [0.25, 0.3) is 40.3 Å². The van der Waals surface area contributed by atoms with Gasteiger partial charge in [0, 0.05) is 22.1 Å². The van der Waals surface area contributed by atoms with E-state index in [4.69, 9.17) is 0 Å². The number of rotatable bonds is 10. The predicted octanol–water partition coefficient (Wildman–Crippen LogP) is 5.76. The van der Waals surface area contributed by atoms with Gasteiger partial charge in [0.1, 0.15) is 11.5 Å². The fraction of sp³-hybridized carbons (Fsp3) is 0.0571. The molecule has 0 aromatic heterocycles. The van der Waals surface area contributed by atoms with E-state index >= 15 is 0 Å². The number of sulfonamides is 2. The molecule has 0 atom stereocenters. The third-order valence-corrected chi connectivity index (χ3v) is 12.9. The number of urea groups is 1. The SMILES string of the molecule is Cc1cc(S(=O)(=O)Nc2c(O)ccc3ccc(S(=O)(=O)O)cc23)ccc1NC(=O)Nc1ccc(S(=O)(=O)Nc2c(O)ccc3ccc(S(=O)(=O)O)cc23)cc1C. The summed E-state index contributed by atoms with van der Waals surface area (Å²) in [6, 6.07) is 18.8. The Morgan fingerprint density at radius 1 is 0.482 bits per heavy atom. The molecule has 0 saturated heterocycles. The Hall–Kier alpha value is -5.97. The fourth-order valence-corrected chi connectivity index (χ4v) is 9.03. The van der Waals surface area contributed by atoms with Crippen molar-refractivity contribution in [3.05, 3.63) is 108 Å². The Bertz CT molecular complexity index is 2880. The highest BCUT2D eigenvalue weighted by atomic mass is 32.2. The molecule has 8 N–H and O–H groups in total. The molecule has 0 unspecified atom stereocenters. The summed E-state index contributed by atoms with van der Waals surface area (Å²) in [5.41, 5.74) is 0.309. The number of phenols is 2. The number of fused-ring (bicyclic) bond motifs is 2. The molecule has 0 aliphatic rings. The van der Waals surface area contributed by atoms with Crippen molar-refractivity contribution in [1.29, 1.82) is 0 Å². The first-order valence-corrected chi connectivity index (χ1v) is 21.7. The molecule has 0 aliphatic carbocycles. The molecule has 0 bridgehead atoms. The highest BCUT2D eigenvalue weighted by molar-refractivity contribution is 7.93. The van der Waals surface area contributed by atoms with E-state index < -0.39 is 67.6 Å². The third-order valence-electron chi connectivity index (χ3n) is 8.52. The fourth-order valence-electron chi connectivity index (χ4n) is 5.66. The second-order valence-corrected chi connectivity index (χ2v) is 18.6. The second kappa shape index (κ2) is 14.3. The normalized spacial score (nSPS) is 12.4. The Labute approximate surface area is 320 Å². The molecule has 0 saturated carbocycles. The van der Waals surface area contributed by atoms with Crippen LogP contribution in [0.2, 0.25) is 0 Å². The molecule has 56 heavy (non-hydrogen) atoms. The number of nitrogens with one attached hydrogen (secondary N) is 4. The van der Waals surface area contributed by atoms with Gasteiger partial charge in [0.2, 0.25) is 0 Å². The molecule has 0 heterocycles. The van der Waals surface area contributed by atoms with Gasteiger partial charge in [-0.3, -0.25) is 18.5 Å². The van der Waals surface area contributed by atoms with Crippen molar-refractivity contribution in [2.24, 2.45) is 0 Å². The third kappa shape index (κ3) is 8.17. The number of aromatic hydroxyl groups is 2. The van der Waals surface area contributed by atoms with E-state index in [9.17, 15) is 57.8 Å². The van der Waals surface area contributed by atoms with E-state index in [1.807, 2.05) is 0 Å². The maximum absolute atomic E-state index is 13.4. The average Bonchev–Trinajstić information content (AvgIpc) is 3.11. The summed E-state index contributed by atoms with van der Waals surface area (Å²) in [7, 11) is -18.1. The maximum Gasteiger partial charge on any atom is 0.323 e. The van der Waals surface area contributed by atoms with E-state index in [2.05, 4.69) is 20.1 Å². The Balaban J connectivity index is 1.18. The van der Waals surface area contributed by atoms with Crippen molar-refractivity contribution in [1.82, 2.24) is 0 Å². The van der Waals surface area contributed by atoms with E-state index in [1.165, 1.54) is 86.6 Å². The standard InChI is InChI=1S/C35H30N4O13S4/c1-19-15-23(53(43,44)38-33-27-17-25(55(47,48)49)7-3-21(27)5-13-31(33)40)9-11-29(19)36-35(42)37-30-12-10-24(16-20(30)2)54(45,46)39-34-28-18-26(56(50,51)52)8-4-22(28)6-14-32(34)41/h3-18,38-41H,1-2H3,(H2,36,37,42)(H,47,48,49)(H,50,51,52). The lowest BCUT2D eigenvalue weighted by Gasteiger charge is -2.16. The van der Waals surface area contributed by atoms with Crippen molar-refractivity contribution >= 4 is 90.6 Å². The highest BCUT2D eigenvalue weighted by Crippen LogP contribution is 2.37. The molecule has 2 amide bonds. The van der Waals surface area contributed by atoms with Crippen LogP contribution in [-0.4, -0.2) is 59.0 Å². The van der Waals surface area contributed by atoms with E-state index in [1.54, 1.807) is 0 Å². The first kappa shape index (κ1) is 39.7. The zero-order valence-corrected chi connectivity index (χ0v) is 32.1. The summed E-state index contributed by atoms with van der Waals surface area (Å²) in [6.45, 7) is 3.02. The Morgan fingerprint density at radius 3 is 1.16 bits per heavy atom. The van der Waals surface area contributed by atoms with Crippen molar-refractivity contribution in [2.45, 2.75) is 33.4 Å². The van der Waals surface area contributed by atoms with E-state index in [-0.39, 0.29) is 43.3 Å². The number of carbonyl (C=O) groups is 1. The van der Waals surface area contributed by atoms with Gasteiger partial charge in [-0.1, -0.05) is 24.3 Å². The number of anilines is 4. The zero-order chi connectivity index (χ0) is 41.0. The van der Waals surface area contributed by atoms with E-state index in [0.29, 0.717) is 21.9 Å². The molecule has 0 fully saturated rings. The van der Waals surface area contributed by atoms with Gasteiger partial charge in [-0.2, -0.15) is 16.8 Å². The molecule has 6 aromatic carbocycles. The minimum absolute atomic E-state index is 0.00598. The van der Waals surface area contributed by atoms with Crippen molar-refractivity contribution in [3.8, 4) is 11.5 Å². The lowest BCUT2D eigenvalue weighted by molar-refractivity contribution is 0.262. The average molecular weight is 843 g/mol. The van der Waals surface area contributed by atoms with Crippen LogP contribution < -0.4 is 20.1 Å². The monoisotopic (exact) mass is 842 g/mol. The van der Waals surface area contributed by atoms with Gasteiger partial charge in [-0.15, -0.1) is 0 Å². The summed E-state index contributed by atoms with van der Waals surface area (Å²) in [5, 5.41) is 26.8. The number of phenolic OH excluding ortho intramolecular Hbond substituents is 2. The quantitative estimate of drug-likeness (QED) is 0.0602. The van der Waals surface area contributed by atoms with Gasteiger partial charge >= 0.3 is 6.03 Å². The first-order chi connectivity index (χ1) is 26.0. The molecular weight excluding hydrogens is 813 g/mol. The largest absolute Gasteiger partial charge is 0.506 e. The van der Waals surface area contributed by atoms with Crippen LogP contribution in [0.25, 0.3) is 21.5 Å². The summed E-state index contributed by atoms with van der Waals surface area (Å²) < 4.78 is 124. The van der Waals surface area contributed by atoms with E-state index in [0.717, 1.165) is 24.3 Å². The minimum Gasteiger partial charge on any atom is -0.506 e. The van der Waals surface area contributed by atoms with Crippen LogP contribution >= 0.6 is 0 Å². The topological polar surface area (TPSA) is 283 Å². The van der Waals surface area contributed by atoms with Crippen molar-refractivity contribution < 1.29 is 57.8 Å². The van der Waals surface area contributed by atoms with Gasteiger partial charge in [0.15, 0.2) is 0 Å². The summed E-state index contributed by atoms with van der Waals surface area (Å²) in [5.74, 6) is -1.03. The van der Waals surface area contributed by atoms with Crippen molar-refractivity contribution in [2.75, 3.05) is 20.1 Å². The number of hydrogen-bond acceptors (Lipinski definition) is 11. The van der Waals surface area contributed by atoms with Crippen LogP contribution in [0.3, 0.4) is 0 Å². The van der Waals surface area contributed by atoms with Crippen LogP contribution in [0.1, 0.15) is 11.1 Å². The summed E-state index contributed by atoms with van der Waals surface area (Å²) in [6.07, 6.45) is 0. The number of amides is 2. The molecule has 0 spiro atoms. The number of aryl methyl sites for hydroxylation is 2. The minimum atomic E-state index is -4.65. The first-order valence-electron chi connectivity index (χ1n) is 15.8. The molecule has 292 valence electrons. The van der Waals surface area contributed by atoms with Crippen LogP contribution in [-0.2, 0) is 40.3 Å². The lowest BCUT2D eigenvalue weighted by Crippen LogP contribution is -2.21. The Kier molecular flexibility index (Phi) is 10.1. The molecule has 21 heteroatoms. The molecule has 6 rings (SSSR count). The summed E-state index contributed by atoms with van der Waals surface area (Å²) >= 11 is 0. The lowest BCUT2D eigenvalue weighted by atomic mass is 10.1. The van der Waals surface area contributed by atoms with Gasteiger partial charge in [-0.25, -0.2) is 21.6 Å².